The van der Waals surface area contributed by atoms with Gasteiger partial charge in [-0.15, -0.1) is 0 Å². The Kier molecular flexibility index (Phi) is 7.81. The van der Waals surface area contributed by atoms with Crippen molar-refractivity contribution in [3.63, 3.8) is 0 Å². The number of halogens is 2. The van der Waals surface area contributed by atoms with Crippen molar-refractivity contribution in [2.24, 2.45) is 0 Å². The second kappa shape index (κ2) is 10.1. The predicted molar refractivity (Wildman–Crippen MR) is 101 cm³/mol. The summed E-state index contributed by atoms with van der Waals surface area (Å²) in [5.41, 5.74) is 4.10. The van der Waals surface area contributed by atoms with E-state index in [1.807, 2.05) is 0 Å². The number of carbonyl (C=O) groups is 2. The molecule has 2 N–H and O–H groups in total. The fourth-order valence-corrected chi connectivity index (χ4v) is 2.97. The minimum absolute atomic E-state index is 0.186. The standard InChI is InChI=1S/C19H16ClFNO4P/c20-14-5-6-17(21)16(10-14)13-3-1-12(2-4-13)9-15(11-19(24)25)22-18(23)7-8-27-26/h1-6,10,15H,7,9,11H2,(H,22,23)(H,24,25)/t15-/m1/s1. The van der Waals surface area contributed by atoms with Gasteiger partial charge in [0, 0.05) is 5.02 Å². The molecule has 0 saturated carbocycles. The van der Waals surface area contributed by atoms with Crippen LogP contribution in [-0.4, -0.2) is 23.0 Å². The summed E-state index contributed by atoms with van der Waals surface area (Å²) in [6, 6.07) is 10.6. The quantitative estimate of drug-likeness (QED) is 0.671. The van der Waals surface area contributed by atoms with E-state index in [-0.39, 0.29) is 27.2 Å². The molecule has 1 amide bonds. The van der Waals surface area contributed by atoms with Crippen molar-refractivity contribution >= 4 is 31.4 Å². The van der Waals surface area contributed by atoms with Crippen molar-refractivity contribution in [3.8, 4) is 16.8 Å². The van der Waals surface area contributed by atoms with Crippen molar-refractivity contribution in [1.82, 2.24) is 5.32 Å². The number of hydrogen-bond donors (Lipinski definition) is 2. The van der Waals surface area contributed by atoms with Crippen LogP contribution in [0.1, 0.15) is 18.4 Å². The van der Waals surface area contributed by atoms with Crippen LogP contribution in [0.5, 0.6) is 0 Å². The zero-order chi connectivity index (χ0) is 19.8. The first-order chi connectivity index (χ1) is 12.9. The number of carboxylic acids is 1. The third kappa shape index (κ3) is 6.69. The summed E-state index contributed by atoms with van der Waals surface area (Å²) in [4.78, 5) is 22.8. The SMILES string of the molecule is O=P#CCC(=O)N[C@@H](CC(=O)O)Cc1ccc(-c2cc(Cl)ccc2F)cc1. The summed E-state index contributed by atoms with van der Waals surface area (Å²) < 4.78 is 24.3. The number of amides is 1. The van der Waals surface area contributed by atoms with Crippen LogP contribution in [-0.2, 0) is 20.6 Å². The summed E-state index contributed by atoms with van der Waals surface area (Å²) in [7, 11) is -0.379. The molecule has 0 aliphatic carbocycles. The Morgan fingerprint density at radius 3 is 2.56 bits per heavy atom. The van der Waals surface area contributed by atoms with Crippen molar-refractivity contribution in [2.45, 2.75) is 25.3 Å². The molecule has 0 fully saturated rings. The first-order valence-corrected chi connectivity index (χ1v) is 9.19. The number of hydrogen-bond acceptors (Lipinski definition) is 3. The van der Waals surface area contributed by atoms with Crippen LogP contribution < -0.4 is 5.32 Å². The number of carbonyl (C=O) groups excluding carboxylic acids is 1. The number of benzene rings is 2. The number of rotatable bonds is 7. The van der Waals surface area contributed by atoms with Gasteiger partial charge in [0.15, 0.2) is 0 Å². The Morgan fingerprint density at radius 1 is 1.22 bits per heavy atom. The molecule has 140 valence electrons. The Balaban J connectivity index is 2.14. The first kappa shape index (κ1) is 20.9. The summed E-state index contributed by atoms with van der Waals surface area (Å²) >= 11 is 5.91. The van der Waals surface area contributed by atoms with Crippen molar-refractivity contribution in [1.29, 1.82) is 0 Å². The van der Waals surface area contributed by atoms with Crippen LogP contribution in [0.4, 0.5) is 4.39 Å². The molecule has 0 heterocycles. The molecule has 0 spiro atoms. The Bertz CT molecular complexity index is 944. The van der Waals surface area contributed by atoms with E-state index in [0.717, 1.165) is 5.56 Å². The van der Waals surface area contributed by atoms with Crippen molar-refractivity contribution in [3.05, 3.63) is 58.9 Å². The van der Waals surface area contributed by atoms with Gasteiger partial charge in [-0.2, -0.15) is 0 Å². The third-order valence-electron chi connectivity index (χ3n) is 3.77. The molecule has 5 nitrogen and oxygen atoms in total. The molecule has 0 saturated heterocycles. The predicted octanol–water partition coefficient (Wildman–Crippen LogP) is 4.29. The van der Waals surface area contributed by atoms with Gasteiger partial charge < -0.3 is 0 Å². The molecule has 0 unspecified atom stereocenters. The summed E-state index contributed by atoms with van der Waals surface area (Å²) in [5.74, 6) is -1.90. The first-order valence-electron chi connectivity index (χ1n) is 7.99. The van der Waals surface area contributed by atoms with Gasteiger partial charge in [0.25, 0.3) is 0 Å². The molecule has 2 rings (SSSR count). The zero-order valence-electron chi connectivity index (χ0n) is 14.1. The average Bonchev–Trinajstić information content (AvgIpc) is 2.62. The van der Waals surface area contributed by atoms with Crippen molar-refractivity contribution in [2.75, 3.05) is 0 Å². The molecule has 0 aliphatic heterocycles. The fraction of sp³-hybridized carbons (Fsp3) is 0.211. The van der Waals surface area contributed by atoms with Gasteiger partial charge in [0.1, 0.15) is 0 Å². The molecule has 2 aromatic rings. The minimum atomic E-state index is -1.05. The van der Waals surface area contributed by atoms with E-state index in [1.54, 1.807) is 24.3 Å². The van der Waals surface area contributed by atoms with Crippen LogP contribution in [0, 0.1) is 11.4 Å². The van der Waals surface area contributed by atoms with Gasteiger partial charge in [-0.05, 0) is 12.1 Å². The Hall–Kier alpha value is -2.39. The van der Waals surface area contributed by atoms with Crippen LogP contribution in [0.25, 0.3) is 11.1 Å². The Labute approximate surface area is 161 Å². The van der Waals surface area contributed by atoms with Gasteiger partial charge in [0.05, 0.1) is 0 Å². The molecule has 27 heavy (non-hydrogen) atoms. The van der Waals surface area contributed by atoms with E-state index in [4.69, 9.17) is 16.7 Å². The third-order valence-corrected chi connectivity index (χ3v) is 4.29. The van der Waals surface area contributed by atoms with E-state index in [2.05, 4.69) is 10.9 Å². The number of nitrogens with one attached hydrogen (secondary N) is 1. The Morgan fingerprint density at radius 2 is 1.93 bits per heavy atom. The topological polar surface area (TPSA) is 83.5 Å². The maximum atomic E-state index is 14.0. The number of carboxylic acid groups (broad SMARTS) is 1. The molecular weight excluding hydrogens is 392 g/mol. The molecule has 0 radical (unpaired) electrons. The number of aliphatic carboxylic acids is 1. The average molecular weight is 408 g/mol. The van der Waals surface area contributed by atoms with Crippen LogP contribution >= 0.6 is 19.5 Å². The monoisotopic (exact) mass is 407 g/mol. The molecular formula is C19H16ClFNO4P. The summed E-state index contributed by atoms with van der Waals surface area (Å²) in [5, 5.41) is 12.0. The molecule has 0 bridgehead atoms. The second-order valence-electron chi connectivity index (χ2n) is 5.81. The van der Waals surface area contributed by atoms with E-state index in [0.29, 0.717) is 16.1 Å². The van der Waals surface area contributed by atoms with E-state index in [9.17, 15) is 18.5 Å². The molecule has 2 aromatic carbocycles. The normalized spacial score (nSPS) is 11.3. The van der Waals surface area contributed by atoms with E-state index < -0.39 is 23.7 Å². The molecule has 8 heteroatoms. The zero-order valence-corrected chi connectivity index (χ0v) is 15.8. The van der Waals surface area contributed by atoms with Crippen LogP contribution in [0.2, 0.25) is 5.02 Å². The van der Waals surface area contributed by atoms with Crippen LogP contribution in [0.15, 0.2) is 42.5 Å². The van der Waals surface area contributed by atoms with E-state index in [1.165, 1.54) is 18.2 Å². The van der Waals surface area contributed by atoms with Gasteiger partial charge in [-0.3, -0.25) is 0 Å². The second-order valence-corrected chi connectivity index (χ2v) is 6.75. The summed E-state index contributed by atoms with van der Waals surface area (Å²) in [6.45, 7) is 0. The van der Waals surface area contributed by atoms with Crippen molar-refractivity contribution < 1.29 is 23.7 Å². The fourth-order valence-electron chi connectivity index (χ4n) is 2.59. The van der Waals surface area contributed by atoms with Gasteiger partial charge in [0.2, 0.25) is 0 Å². The van der Waals surface area contributed by atoms with Crippen LogP contribution in [0.3, 0.4) is 0 Å². The summed E-state index contributed by atoms with van der Waals surface area (Å²) in [6.07, 6.45) is -0.162. The van der Waals surface area contributed by atoms with E-state index >= 15 is 0 Å². The molecule has 0 aliphatic rings. The van der Waals surface area contributed by atoms with Gasteiger partial charge in [-0.25, -0.2) is 4.39 Å². The van der Waals surface area contributed by atoms with Gasteiger partial charge >= 0.3 is 128 Å². The molecule has 0 aromatic heterocycles. The maximum absolute atomic E-state index is 14.0. The molecule has 1 atom stereocenters. The van der Waals surface area contributed by atoms with Gasteiger partial charge in [-0.1, -0.05) is 11.6 Å².